The minimum atomic E-state index is 0.242. The van der Waals surface area contributed by atoms with Crippen molar-refractivity contribution in [1.82, 2.24) is 5.32 Å². The Morgan fingerprint density at radius 3 is 2.76 bits per heavy atom. The van der Waals surface area contributed by atoms with Gasteiger partial charge in [-0.15, -0.1) is 11.3 Å². The van der Waals surface area contributed by atoms with Gasteiger partial charge in [0.05, 0.1) is 0 Å². The highest BCUT2D eigenvalue weighted by atomic mass is 79.9. The fourth-order valence-electron chi connectivity index (χ4n) is 1.73. The summed E-state index contributed by atoms with van der Waals surface area (Å²) in [6.07, 6.45) is 1.94. The van der Waals surface area contributed by atoms with E-state index in [4.69, 9.17) is 5.11 Å². The summed E-state index contributed by atoms with van der Waals surface area (Å²) in [6, 6.07) is 2.56. The van der Waals surface area contributed by atoms with E-state index in [1.165, 1.54) is 4.88 Å². The molecule has 0 aromatic carbocycles. The standard InChI is InChI=1S/C13H22BrNOS/c1-10(12-7-11(14)8-17-12)15-9-13(2,3)5-4-6-16/h7-8,10,15-16H,4-6,9H2,1-3H3. The Balaban J connectivity index is 2.39. The van der Waals surface area contributed by atoms with E-state index >= 15 is 0 Å². The Bertz CT molecular complexity index is 338. The zero-order valence-corrected chi connectivity index (χ0v) is 13.2. The SMILES string of the molecule is CC(NCC(C)(C)CCCO)c1cc(Br)cs1. The van der Waals surface area contributed by atoms with Crippen molar-refractivity contribution in [2.45, 2.75) is 39.7 Å². The minimum absolute atomic E-state index is 0.242. The number of aliphatic hydroxyl groups excluding tert-OH is 1. The van der Waals surface area contributed by atoms with Gasteiger partial charge in [-0.1, -0.05) is 13.8 Å². The molecule has 0 aliphatic rings. The first-order valence-electron chi connectivity index (χ1n) is 6.03. The van der Waals surface area contributed by atoms with Gasteiger partial charge >= 0.3 is 0 Å². The molecule has 2 N–H and O–H groups in total. The van der Waals surface area contributed by atoms with Crippen LogP contribution in [0.3, 0.4) is 0 Å². The lowest BCUT2D eigenvalue weighted by molar-refractivity contribution is 0.233. The number of aliphatic hydroxyl groups is 1. The Labute approximate surface area is 117 Å². The lowest BCUT2D eigenvalue weighted by atomic mass is 9.87. The lowest BCUT2D eigenvalue weighted by Gasteiger charge is -2.26. The van der Waals surface area contributed by atoms with E-state index < -0.39 is 0 Å². The highest BCUT2D eigenvalue weighted by molar-refractivity contribution is 9.10. The molecule has 1 atom stereocenters. The highest BCUT2D eigenvalue weighted by Crippen LogP contribution is 2.27. The van der Waals surface area contributed by atoms with Crippen molar-refractivity contribution in [3.05, 3.63) is 20.8 Å². The summed E-state index contributed by atoms with van der Waals surface area (Å²) in [5, 5.41) is 14.5. The van der Waals surface area contributed by atoms with Gasteiger partial charge in [0.25, 0.3) is 0 Å². The predicted octanol–water partition coefficient (Wildman–Crippen LogP) is 3.96. The Morgan fingerprint density at radius 1 is 1.53 bits per heavy atom. The second-order valence-corrected chi connectivity index (χ2v) is 7.12. The van der Waals surface area contributed by atoms with Crippen molar-refractivity contribution >= 4 is 27.3 Å². The summed E-state index contributed by atoms with van der Waals surface area (Å²) in [5.41, 5.74) is 0.242. The van der Waals surface area contributed by atoms with Crippen LogP contribution in [0.25, 0.3) is 0 Å². The number of hydrogen-bond acceptors (Lipinski definition) is 3. The molecule has 4 heteroatoms. The molecule has 1 rings (SSSR count). The topological polar surface area (TPSA) is 32.3 Å². The van der Waals surface area contributed by atoms with Gasteiger partial charge in [0.15, 0.2) is 0 Å². The van der Waals surface area contributed by atoms with Crippen molar-refractivity contribution in [2.75, 3.05) is 13.2 Å². The summed E-state index contributed by atoms with van der Waals surface area (Å²) < 4.78 is 1.16. The third-order valence-electron chi connectivity index (χ3n) is 2.91. The third-order valence-corrected chi connectivity index (χ3v) is 4.79. The summed E-state index contributed by atoms with van der Waals surface area (Å²) in [6.45, 7) is 7.94. The van der Waals surface area contributed by atoms with Gasteiger partial charge in [-0.2, -0.15) is 0 Å². The van der Waals surface area contributed by atoms with E-state index in [1.807, 2.05) is 0 Å². The molecule has 0 aliphatic carbocycles. The maximum atomic E-state index is 8.86. The molecule has 1 heterocycles. The lowest BCUT2D eigenvalue weighted by Crippen LogP contribution is -2.31. The predicted molar refractivity (Wildman–Crippen MR) is 78.5 cm³/mol. The molecule has 0 aliphatic heterocycles. The first kappa shape index (κ1) is 15.2. The molecule has 0 saturated heterocycles. The van der Waals surface area contributed by atoms with Crippen LogP contribution in [0.5, 0.6) is 0 Å². The molecule has 98 valence electrons. The fourth-order valence-corrected chi connectivity index (χ4v) is 3.21. The number of rotatable bonds is 7. The van der Waals surface area contributed by atoms with Gasteiger partial charge in [-0.3, -0.25) is 0 Å². The monoisotopic (exact) mass is 319 g/mol. The smallest absolute Gasteiger partial charge is 0.0431 e. The first-order chi connectivity index (χ1) is 7.94. The average molecular weight is 320 g/mol. The molecule has 1 unspecified atom stereocenters. The van der Waals surface area contributed by atoms with Crippen LogP contribution in [0.4, 0.5) is 0 Å². The Kier molecular flexibility index (Phi) is 6.13. The molecule has 2 nitrogen and oxygen atoms in total. The largest absolute Gasteiger partial charge is 0.396 e. The average Bonchev–Trinajstić information content (AvgIpc) is 2.70. The molecule has 0 fully saturated rings. The van der Waals surface area contributed by atoms with Gasteiger partial charge in [0.1, 0.15) is 0 Å². The fraction of sp³-hybridized carbons (Fsp3) is 0.692. The molecule has 0 radical (unpaired) electrons. The first-order valence-corrected chi connectivity index (χ1v) is 7.70. The molecule has 1 aromatic heterocycles. The van der Waals surface area contributed by atoms with Crippen molar-refractivity contribution < 1.29 is 5.11 Å². The van der Waals surface area contributed by atoms with E-state index in [1.54, 1.807) is 11.3 Å². The normalized spacial score (nSPS) is 13.9. The quantitative estimate of drug-likeness (QED) is 0.797. The molecule has 0 bridgehead atoms. The maximum absolute atomic E-state index is 8.86. The van der Waals surface area contributed by atoms with Crippen LogP contribution in [0.1, 0.15) is 44.5 Å². The van der Waals surface area contributed by atoms with E-state index in [0.29, 0.717) is 6.04 Å². The van der Waals surface area contributed by atoms with E-state index in [0.717, 1.165) is 23.9 Å². The molecule has 1 aromatic rings. The van der Waals surface area contributed by atoms with Crippen LogP contribution in [-0.2, 0) is 0 Å². The maximum Gasteiger partial charge on any atom is 0.0431 e. The van der Waals surface area contributed by atoms with Crippen LogP contribution in [0.15, 0.2) is 15.9 Å². The number of hydrogen-bond donors (Lipinski definition) is 2. The number of thiophene rings is 1. The Hall–Kier alpha value is 0.1000. The summed E-state index contributed by atoms with van der Waals surface area (Å²) >= 11 is 5.26. The molecular formula is C13H22BrNOS. The van der Waals surface area contributed by atoms with Crippen LogP contribution in [-0.4, -0.2) is 18.3 Å². The van der Waals surface area contributed by atoms with Crippen molar-refractivity contribution in [2.24, 2.45) is 5.41 Å². The van der Waals surface area contributed by atoms with Crippen molar-refractivity contribution in [3.63, 3.8) is 0 Å². The highest BCUT2D eigenvalue weighted by Gasteiger charge is 2.18. The van der Waals surface area contributed by atoms with E-state index in [2.05, 4.69) is 53.5 Å². The molecule has 0 spiro atoms. The van der Waals surface area contributed by atoms with Gasteiger partial charge in [0.2, 0.25) is 0 Å². The second kappa shape index (κ2) is 6.88. The van der Waals surface area contributed by atoms with Crippen LogP contribution in [0.2, 0.25) is 0 Å². The van der Waals surface area contributed by atoms with E-state index in [9.17, 15) is 0 Å². The second-order valence-electron chi connectivity index (χ2n) is 5.26. The zero-order valence-electron chi connectivity index (χ0n) is 10.8. The summed E-state index contributed by atoms with van der Waals surface area (Å²) in [5.74, 6) is 0. The van der Waals surface area contributed by atoms with Gasteiger partial charge in [-0.25, -0.2) is 0 Å². The molecular weight excluding hydrogens is 298 g/mol. The molecule has 17 heavy (non-hydrogen) atoms. The van der Waals surface area contributed by atoms with Gasteiger partial charge in [-0.05, 0) is 47.2 Å². The van der Waals surface area contributed by atoms with Crippen LogP contribution >= 0.6 is 27.3 Å². The van der Waals surface area contributed by atoms with E-state index in [-0.39, 0.29) is 12.0 Å². The van der Waals surface area contributed by atoms with Crippen LogP contribution < -0.4 is 5.32 Å². The Morgan fingerprint density at radius 2 is 2.24 bits per heavy atom. The van der Waals surface area contributed by atoms with Gasteiger partial charge in [0, 0.05) is 33.9 Å². The summed E-state index contributed by atoms with van der Waals surface area (Å²) in [7, 11) is 0. The number of halogens is 1. The van der Waals surface area contributed by atoms with Gasteiger partial charge < -0.3 is 10.4 Å². The van der Waals surface area contributed by atoms with Crippen molar-refractivity contribution in [3.8, 4) is 0 Å². The third kappa shape index (κ3) is 5.51. The molecule has 0 amide bonds. The molecule has 0 saturated carbocycles. The zero-order chi connectivity index (χ0) is 12.9. The minimum Gasteiger partial charge on any atom is -0.396 e. The van der Waals surface area contributed by atoms with Crippen molar-refractivity contribution in [1.29, 1.82) is 0 Å². The van der Waals surface area contributed by atoms with Crippen LogP contribution in [0, 0.1) is 5.41 Å². The summed E-state index contributed by atoms with van der Waals surface area (Å²) in [4.78, 5) is 1.36. The number of nitrogens with one attached hydrogen (secondary N) is 1.